The first-order valence-electron chi connectivity index (χ1n) is 7.61. The summed E-state index contributed by atoms with van der Waals surface area (Å²) in [5.41, 5.74) is 0.893. The lowest BCUT2D eigenvalue weighted by molar-refractivity contribution is 0.269. The van der Waals surface area contributed by atoms with Crippen LogP contribution in [0.1, 0.15) is 12.8 Å². The largest absolute Gasteiger partial charge is 0.623 e. The van der Waals surface area contributed by atoms with E-state index in [-0.39, 0.29) is 12.8 Å². The maximum Gasteiger partial charge on any atom is 0.289 e. The zero-order valence-corrected chi connectivity index (χ0v) is 13.6. The molecule has 22 heavy (non-hydrogen) atoms. The molecule has 2 unspecified atom stereocenters. The lowest BCUT2D eigenvalue weighted by Gasteiger charge is -2.40. The molecular formula is C15H22N4O2S. The van der Waals surface area contributed by atoms with Gasteiger partial charge in [-0.3, -0.25) is 14.9 Å². The first kappa shape index (κ1) is 15.8. The Kier molecular flexibility index (Phi) is 4.72. The van der Waals surface area contributed by atoms with Crippen LogP contribution in [-0.4, -0.2) is 54.6 Å². The molecule has 0 spiro atoms. The molecule has 1 saturated heterocycles. The smallest absolute Gasteiger partial charge is 0.289 e. The van der Waals surface area contributed by atoms with E-state index < -0.39 is 4.65 Å². The quantitative estimate of drug-likeness (QED) is 0.481. The molecule has 7 heteroatoms. The fourth-order valence-corrected chi connectivity index (χ4v) is 3.92. The van der Waals surface area contributed by atoms with E-state index in [2.05, 4.69) is 10.3 Å². The number of hydrogen-bond acceptors (Lipinski definition) is 6. The van der Waals surface area contributed by atoms with Gasteiger partial charge in [0.2, 0.25) is 0 Å². The van der Waals surface area contributed by atoms with Gasteiger partial charge in [-0.2, -0.15) is 4.98 Å². The van der Waals surface area contributed by atoms with Crippen LogP contribution in [0.15, 0.2) is 24.3 Å². The van der Waals surface area contributed by atoms with Crippen LogP contribution in [0.3, 0.4) is 0 Å². The summed E-state index contributed by atoms with van der Waals surface area (Å²) in [4.78, 5) is 6.61. The number of aromatic nitrogens is 1. The zero-order chi connectivity index (χ0) is 15.6. The molecule has 6 nitrogen and oxygen atoms in total. The molecule has 1 aliphatic rings. The summed E-state index contributed by atoms with van der Waals surface area (Å²) in [7, 11) is 1.97. The highest BCUT2D eigenvalue weighted by Gasteiger charge is 2.41. The summed E-state index contributed by atoms with van der Waals surface area (Å²) in [5.74, 6) is 0. The molecule has 0 saturated carbocycles. The van der Waals surface area contributed by atoms with Gasteiger partial charge in [0.25, 0.3) is 5.13 Å². The second-order valence-corrected chi connectivity index (χ2v) is 6.85. The van der Waals surface area contributed by atoms with Crippen molar-refractivity contribution in [1.29, 1.82) is 0 Å². The molecule has 2 aromatic rings. The van der Waals surface area contributed by atoms with Gasteiger partial charge >= 0.3 is 0 Å². The topological polar surface area (TPSA) is 71.5 Å². The van der Waals surface area contributed by atoms with Crippen molar-refractivity contribution in [2.45, 2.75) is 19.0 Å². The third kappa shape index (κ3) is 3.01. The maximum absolute atomic E-state index is 13.4. The Morgan fingerprint density at radius 2 is 2.27 bits per heavy atom. The number of aliphatic hydroxyl groups is 1. The number of thiazole rings is 1. The molecule has 1 aliphatic heterocycles. The number of nitrogens with one attached hydrogen (secondary N) is 1. The predicted molar refractivity (Wildman–Crippen MR) is 90.4 cm³/mol. The highest BCUT2D eigenvalue weighted by atomic mass is 32.1. The predicted octanol–water partition coefficient (Wildman–Crippen LogP) is 1.69. The summed E-state index contributed by atoms with van der Waals surface area (Å²) in [6.07, 6.45) is 1.43. The Morgan fingerprint density at radius 3 is 3.05 bits per heavy atom. The standard InChI is InChI=1S/C15H22N4O2S/c1-18-10-14(16-8-4-5-9-20)19(21,11-18)15-17-12-6-2-3-7-13(12)22-15/h2-3,6-7,14,16,20H,4-5,8-11H2,1H3. The van der Waals surface area contributed by atoms with Crippen molar-refractivity contribution in [2.24, 2.45) is 0 Å². The van der Waals surface area contributed by atoms with Crippen molar-refractivity contribution < 1.29 is 5.11 Å². The number of fused-ring (bicyclic) bond motifs is 1. The van der Waals surface area contributed by atoms with E-state index in [1.54, 1.807) is 0 Å². The average Bonchev–Trinajstić information content (AvgIpc) is 3.06. The molecule has 0 amide bonds. The van der Waals surface area contributed by atoms with E-state index in [1.165, 1.54) is 11.3 Å². The molecule has 0 radical (unpaired) electrons. The fraction of sp³-hybridized carbons (Fsp3) is 0.533. The fourth-order valence-electron chi connectivity index (χ4n) is 2.88. The van der Waals surface area contributed by atoms with Crippen LogP contribution in [0.4, 0.5) is 5.13 Å². The molecule has 2 N–H and O–H groups in total. The maximum atomic E-state index is 13.4. The third-order valence-corrected chi connectivity index (χ3v) is 5.16. The van der Waals surface area contributed by atoms with Gasteiger partial charge in [0.05, 0.1) is 16.8 Å². The Morgan fingerprint density at radius 1 is 1.45 bits per heavy atom. The summed E-state index contributed by atoms with van der Waals surface area (Å²) in [6, 6.07) is 7.87. The minimum Gasteiger partial charge on any atom is -0.623 e. The molecule has 2 heterocycles. The van der Waals surface area contributed by atoms with E-state index >= 15 is 0 Å². The van der Waals surface area contributed by atoms with Crippen LogP contribution >= 0.6 is 11.3 Å². The van der Waals surface area contributed by atoms with Crippen molar-refractivity contribution in [3.8, 4) is 0 Å². The molecule has 3 rings (SSSR count). The van der Waals surface area contributed by atoms with Crippen LogP contribution in [0.25, 0.3) is 10.2 Å². The molecule has 0 aliphatic carbocycles. The van der Waals surface area contributed by atoms with Crippen molar-refractivity contribution in [3.63, 3.8) is 0 Å². The number of aliphatic hydroxyl groups excluding tert-OH is 1. The SMILES string of the molecule is CN1CC(NCCCCO)[N+]([O-])(c2nc3ccccc3s2)C1. The zero-order valence-electron chi connectivity index (χ0n) is 12.7. The van der Waals surface area contributed by atoms with Crippen molar-refractivity contribution in [3.05, 3.63) is 29.5 Å². The van der Waals surface area contributed by atoms with Gasteiger partial charge in [0, 0.05) is 13.2 Å². The molecular weight excluding hydrogens is 300 g/mol. The molecule has 2 atom stereocenters. The second-order valence-electron chi connectivity index (χ2n) is 5.84. The number of benzene rings is 1. The number of rotatable bonds is 6. The lowest BCUT2D eigenvalue weighted by atomic mass is 10.3. The van der Waals surface area contributed by atoms with E-state index in [1.807, 2.05) is 36.2 Å². The highest BCUT2D eigenvalue weighted by molar-refractivity contribution is 7.22. The van der Waals surface area contributed by atoms with E-state index in [9.17, 15) is 5.21 Å². The number of hydroxylamine groups is 2. The van der Waals surface area contributed by atoms with Gasteiger partial charge in [0.1, 0.15) is 6.67 Å². The Bertz CT molecular complexity index is 602. The van der Waals surface area contributed by atoms with Crippen LogP contribution in [-0.2, 0) is 0 Å². The molecule has 1 aromatic heterocycles. The first-order chi connectivity index (χ1) is 10.6. The van der Waals surface area contributed by atoms with Crippen LogP contribution in [0.2, 0.25) is 0 Å². The second kappa shape index (κ2) is 6.57. The number of nitrogens with zero attached hydrogens (tertiary/aromatic N) is 3. The Hall–Kier alpha value is -1.09. The molecule has 120 valence electrons. The highest BCUT2D eigenvalue weighted by Crippen LogP contribution is 2.36. The number of hydrogen-bond donors (Lipinski definition) is 2. The van der Waals surface area contributed by atoms with Crippen LogP contribution in [0, 0.1) is 5.21 Å². The summed E-state index contributed by atoms with van der Waals surface area (Å²) >= 11 is 1.48. The number of unbranched alkanes of at least 4 members (excludes halogenated alkanes) is 1. The summed E-state index contributed by atoms with van der Waals surface area (Å²) < 4.78 is 0.619. The van der Waals surface area contributed by atoms with Gasteiger partial charge in [-0.25, -0.2) is 0 Å². The minimum absolute atomic E-state index is 0.196. The normalized spacial score (nSPS) is 26.0. The van der Waals surface area contributed by atoms with Gasteiger partial charge in [0.15, 0.2) is 6.17 Å². The van der Waals surface area contributed by atoms with Crippen molar-refractivity contribution >= 4 is 26.7 Å². The van der Waals surface area contributed by atoms with Crippen LogP contribution < -0.4 is 9.96 Å². The number of para-hydroxylation sites is 1. The third-order valence-electron chi connectivity index (χ3n) is 4.01. The van der Waals surface area contributed by atoms with Crippen LogP contribution in [0.5, 0.6) is 0 Å². The van der Waals surface area contributed by atoms with E-state index in [0.29, 0.717) is 18.3 Å². The van der Waals surface area contributed by atoms with E-state index in [0.717, 1.165) is 29.6 Å². The average molecular weight is 322 g/mol. The van der Waals surface area contributed by atoms with Crippen molar-refractivity contribution in [2.75, 3.05) is 33.4 Å². The Balaban J connectivity index is 1.81. The van der Waals surface area contributed by atoms with Gasteiger partial charge in [-0.1, -0.05) is 23.5 Å². The Labute approximate surface area is 134 Å². The molecule has 1 fully saturated rings. The molecule has 0 bridgehead atoms. The van der Waals surface area contributed by atoms with Crippen molar-refractivity contribution in [1.82, 2.24) is 19.8 Å². The number of quaternary nitrogens is 1. The van der Waals surface area contributed by atoms with Gasteiger partial charge < -0.3 is 10.3 Å². The lowest BCUT2D eigenvalue weighted by Crippen LogP contribution is -2.56. The molecule has 1 aromatic carbocycles. The van der Waals surface area contributed by atoms with Gasteiger partial charge in [-0.05, 0) is 32.0 Å². The number of likely N-dealkylation sites (N-methyl/N-ethyl adjacent to an activating group) is 1. The first-order valence-corrected chi connectivity index (χ1v) is 8.43. The van der Waals surface area contributed by atoms with Gasteiger partial charge in [-0.15, -0.1) is 0 Å². The monoisotopic (exact) mass is 322 g/mol. The summed E-state index contributed by atoms with van der Waals surface area (Å²) in [5, 5.41) is 26.2. The summed E-state index contributed by atoms with van der Waals surface area (Å²) in [6.45, 7) is 2.06. The van der Waals surface area contributed by atoms with E-state index in [4.69, 9.17) is 5.11 Å². The minimum atomic E-state index is -0.436.